The second-order valence-corrected chi connectivity index (χ2v) is 2.91. The Morgan fingerprint density at radius 3 is 3.00 bits per heavy atom. The SMILES string of the molecule is CNC(=O)Nc1cccc(C=CCO)c1. The number of rotatable bonds is 3. The van der Waals surface area contributed by atoms with E-state index in [4.69, 9.17) is 5.11 Å². The van der Waals surface area contributed by atoms with Gasteiger partial charge in [-0.1, -0.05) is 24.3 Å². The van der Waals surface area contributed by atoms with Crippen LogP contribution in [0.1, 0.15) is 5.56 Å². The maximum Gasteiger partial charge on any atom is 0.318 e. The highest BCUT2D eigenvalue weighted by atomic mass is 16.2. The van der Waals surface area contributed by atoms with Crippen molar-refractivity contribution in [2.75, 3.05) is 19.0 Å². The van der Waals surface area contributed by atoms with Gasteiger partial charge >= 0.3 is 6.03 Å². The van der Waals surface area contributed by atoms with E-state index < -0.39 is 0 Å². The molecule has 3 N–H and O–H groups in total. The lowest BCUT2D eigenvalue weighted by Gasteiger charge is -2.04. The van der Waals surface area contributed by atoms with Crippen molar-refractivity contribution in [3.05, 3.63) is 35.9 Å². The highest BCUT2D eigenvalue weighted by molar-refractivity contribution is 5.89. The number of hydrogen-bond acceptors (Lipinski definition) is 2. The average molecular weight is 206 g/mol. The Morgan fingerprint density at radius 1 is 1.53 bits per heavy atom. The normalized spacial score (nSPS) is 10.3. The molecule has 0 aromatic heterocycles. The maximum absolute atomic E-state index is 11.0. The third-order valence-electron chi connectivity index (χ3n) is 1.79. The van der Waals surface area contributed by atoms with Crippen molar-refractivity contribution < 1.29 is 9.90 Å². The predicted molar refractivity (Wildman–Crippen MR) is 60.6 cm³/mol. The summed E-state index contributed by atoms with van der Waals surface area (Å²) in [5, 5.41) is 13.7. The number of nitrogens with one attached hydrogen (secondary N) is 2. The lowest BCUT2D eigenvalue weighted by atomic mass is 10.2. The van der Waals surface area contributed by atoms with Gasteiger partial charge in [0.2, 0.25) is 0 Å². The number of carbonyl (C=O) groups is 1. The lowest BCUT2D eigenvalue weighted by molar-refractivity contribution is 0.254. The van der Waals surface area contributed by atoms with Gasteiger partial charge in [-0.3, -0.25) is 0 Å². The smallest absolute Gasteiger partial charge is 0.318 e. The average Bonchev–Trinajstić information content (AvgIpc) is 2.26. The number of urea groups is 1. The number of aliphatic hydroxyl groups is 1. The van der Waals surface area contributed by atoms with Gasteiger partial charge in [-0.05, 0) is 17.7 Å². The molecule has 0 unspecified atom stereocenters. The van der Waals surface area contributed by atoms with Crippen LogP contribution in [0.4, 0.5) is 10.5 Å². The van der Waals surface area contributed by atoms with E-state index in [0.717, 1.165) is 11.3 Å². The molecule has 4 heteroatoms. The van der Waals surface area contributed by atoms with Gasteiger partial charge in [-0.15, -0.1) is 0 Å². The van der Waals surface area contributed by atoms with E-state index in [1.807, 2.05) is 18.2 Å². The van der Waals surface area contributed by atoms with Gasteiger partial charge in [0.1, 0.15) is 0 Å². The monoisotopic (exact) mass is 206 g/mol. The van der Waals surface area contributed by atoms with Crippen LogP contribution >= 0.6 is 0 Å². The van der Waals surface area contributed by atoms with Crippen LogP contribution in [-0.4, -0.2) is 24.8 Å². The molecular formula is C11H14N2O2. The molecule has 0 bridgehead atoms. The molecule has 0 fully saturated rings. The van der Waals surface area contributed by atoms with E-state index in [2.05, 4.69) is 10.6 Å². The number of amides is 2. The zero-order valence-electron chi connectivity index (χ0n) is 8.53. The summed E-state index contributed by atoms with van der Waals surface area (Å²) >= 11 is 0. The molecule has 0 saturated heterocycles. The van der Waals surface area contributed by atoms with Gasteiger partial charge in [-0.25, -0.2) is 4.79 Å². The Balaban J connectivity index is 2.74. The van der Waals surface area contributed by atoms with E-state index >= 15 is 0 Å². The molecule has 1 aromatic carbocycles. The summed E-state index contributed by atoms with van der Waals surface area (Å²) in [7, 11) is 1.56. The Bertz CT molecular complexity index is 361. The van der Waals surface area contributed by atoms with E-state index in [0.29, 0.717) is 0 Å². The minimum absolute atomic E-state index is 0.00705. The van der Waals surface area contributed by atoms with Gasteiger partial charge in [0, 0.05) is 12.7 Å². The first-order chi connectivity index (χ1) is 7.26. The molecule has 0 saturated carbocycles. The van der Waals surface area contributed by atoms with Crippen molar-refractivity contribution in [3.63, 3.8) is 0 Å². The molecule has 0 radical (unpaired) electrons. The summed E-state index contributed by atoms with van der Waals surface area (Å²) in [5.74, 6) is 0. The molecule has 0 aliphatic rings. The van der Waals surface area contributed by atoms with Crippen molar-refractivity contribution in [1.29, 1.82) is 0 Å². The number of aliphatic hydroxyl groups excluding tert-OH is 1. The molecule has 0 aliphatic heterocycles. The highest BCUT2D eigenvalue weighted by Gasteiger charge is 1.97. The van der Waals surface area contributed by atoms with E-state index in [1.165, 1.54) is 0 Å². The zero-order chi connectivity index (χ0) is 11.1. The standard InChI is InChI=1S/C11H14N2O2/c1-12-11(15)13-10-6-2-4-9(8-10)5-3-7-14/h2-6,8,14H,7H2,1H3,(H2,12,13,15). The third kappa shape index (κ3) is 3.83. The molecule has 0 spiro atoms. The Labute approximate surface area is 88.6 Å². The summed E-state index contributed by atoms with van der Waals surface area (Å²) in [6, 6.07) is 7.09. The molecule has 1 rings (SSSR count). The quantitative estimate of drug-likeness (QED) is 0.700. The first kappa shape index (κ1) is 11.3. The minimum Gasteiger partial charge on any atom is -0.392 e. The van der Waals surface area contributed by atoms with Crippen LogP contribution in [0.3, 0.4) is 0 Å². The molecule has 0 atom stereocenters. The molecule has 4 nitrogen and oxygen atoms in total. The van der Waals surface area contributed by atoms with E-state index in [1.54, 1.807) is 25.3 Å². The Hall–Kier alpha value is -1.81. The van der Waals surface area contributed by atoms with Crippen LogP contribution in [0, 0.1) is 0 Å². The second kappa shape index (κ2) is 5.82. The fourth-order valence-corrected chi connectivity index (χ4v) is 1.10. The first-order valence-electron chi connectivity index (χ1n) is 4.62. The fraction of sp³-hybridized carbons (Fsp3) is 0.182. The lowest BCUT2D eigenvalue weighted by Crippen LogP contribution is -2.24. The van der Waals surface area contributed by atoms with Crippen LogP contribution in [-0.2, 0) is 0 Å². The minimum atomic E-state index is -0.252. The van der Waals surface area contributed by atoms with Crippen LogP contribution in [0.2, 0.25) is 0 Å². The van der Waals surface area contributed by atoms with Crippen LogP contribution < -0.4 is 10.6 Å². The fourth-order valence-electron chi connectivity index (χ4n) is 1.10. The summed E-state index contributed by atoms with van der Waals surface area (Å²) in [5.41, 5.74) is 1.65. The molecule has 2 amide bonds. The Kier molecular flexibility index (Phi) is 4.37. The largest absolute Gasteiger partial charge is 0.392 e. The molecule has 0 aliphatic carbocycles. The van der Waals surface area contributed by atoms with Crippen molar-refractivity contribution >= 4 is 17.8 Å². The van der Waals surface area contributed by atoms with Crippen molar-refractivity contribution in [3.8, 4) is 0 Å². The van der Waals surface area contributed by atoms with Crippen molar-refractivity contribution in [2.24, 2.45) is 0 Å². The number of anilines is 1. The summed E-state index contributed by atoms with van der Waals surface area (Å²) in [4.78, 5) is 11.0. The molecule has 15 heavy (non-hydrogen) atoms. The van der Waals surface area contributed by atoms with Gasteiger partial charge < -0.3 is 15.7 Å². The molecular weight excluding hydrogens is 192 g/mol. The summed E-state index contributed by atoms with van der Waals surface area (Å²) in [6.45, 7) is 0.00705. The summed E-state index contributed by atoms with van der Waals surface area (Å²) in [6.07, 6.45) is 3.42. The van der Waals surface area contributed by atoms with Crippen molar-refractivity contribution in [2.45, 2.75) is 0 Å². The number of benzene rings is 1. The number of carbonyl (C=O) groups excluding carboxylic acids is 1. The van der Waals surface area contributed by atoms with Crippen LogP contribution in [0.15, 0.2) is 30.3 Å². The second-order valence-electron chi connectivity index (χ2n) is 2.91. The highest BCUT2D eigenvalue weighted by Crippen LogP contribution is 2.11. The topological polar surface area (TPSA) is 61.4 Å². The predicted octanol–water partition coefficient (Wildman–Crippen LogP) is 1.44. The maximum atomic E-state index is 11.0. The molecule has 1 aromatic rings. The zero-order valence-corrected chi connectivity index (χ0v) is 8.53. The number of hydrogen-bond donors (Lipinski definition) is 3. The third-order valence-corrected chi connectivity index (χ3v) is 1.79. The Morgan fingerprint density at radius 2 is 2.33 bits per heavy atom. The van der Waals surface area contributed by atoms with Crippen LogP contribution in [0.25, 0.3) is 6.08 Å². The van der Waals surface area contributed by atoms with E-state index in [9.17, 15) is 4.79 Å². The van der Waals surface area contributed by atoms with Gasteiger partial charge in [0.25, 0.3) is 0 Å². The molecule has 80 valence electrons. The summed E-state index contributed by atoms with van der Waals surface area (Å²) < 4.78 is 0. The van der Waals surface area contributed by atoms with Crippen molar-refractivity contribution in [1.82, 2.24) is 5.32 Å². The van der Waals surface area contributed by atoms with Gasteiger partial charge in [-0.2, -0.15) is 0 Å². The first-order valence-corrected chi connectivity index (χ1v) is 4.62. The molecule has 0 heterocycles. The van der Waals surface area contributed by atoms with Crippen LogP contribution in [0.5, 0.6) is 0 Å². The van der Waals surface area contributed by atoms with Gasteiger partial charge in [0.05, 0.1) is 6.61 Å². The van der Waals surface area contributed by atoms with Gasteiger partial charge in [0.15, 0.2) is 0 Å². The van der Waals surface area contributed by atoms with E-state index in [-0.39, 0.29) is 12.6 Å².